The van der Waals surface area contributed by atoms with Crippen molar-refractivity contribution in [2.75, 3.05) is 4.90 Å². The maximum absolute atomic E-state index is 2.45. The molecule has 1 nitrogen and oxygen atoms in total. The third kappa shape index (κ3) is 4.31. The molecule has 1 aliphatic rings. The summed E-state index contributed by atoms with van der Waals surface area (Å²) in [6, 6.07) is 60.5. The van der Waals surface area contributed by atoms with Gasteiger partial charge in [-0.25, -0.2) is 0 Å². The monoisotopic (exact) mass is 643 g/mol. The van der Waals surface area contributed by atoms with E-state index in [1.54, 1.807) is 0 Å². The molecule has 1 heterocycles. The minimum atomic E-state index is -0.0846. The molecule has 0 unspecified atom stereocenters. The Morgan fingerprint density at radius 2 is 1.12 bits per heavy atom. The summed E-state index contributed by atoms with van der Waals surface area (Å²) < 4.78 is 2.65. The summed E-state index contributed by atoms with van der Waals surface area (Å²) >= 11 is 1.91. The van der Waals surface area contributed by atoms with Gasteiger partial charge in [0, 0.05) is 48.0 Å². The summed E-state index contributed by atoms with van der Waals surface area (Å²) in [5.74, 6) is 0. The highest BCUT2D eigenvalue weighted by Crippen LogP contribution is 2.51. The van der Waals surface area contributed by atoms with E-state index in [9.17, 15) is 0 Å². The molecule has 0 fully saturated rings. The number of hydrogen-bond acceptors (Lipinski definition) is 2. The van der Waals surface area contributed by atoms with Gasteiger partial charge in [0.2, 0.25) is 0 Å². The summed E-state index contributed by atoms with van der Waals surface area (Å²) in [7, 11) is 0. The maximum Gasteiger partial charge on any atom is 0.0476 e. The predicted molar refractivity (Wildman–Crippen MR) is 212 cm³/mol. The third-order valence-electron chi connectivity index (χ3n) is 10.6. The molecule has 49 heavy (non-hydrogen) atoms. The number of fused-ring (bicyclic) bond motifs is 10. The highest BCUT2D eigenvalue weighted by molar-refractivity contribution is 7.26. The molecule has 0 bridgehead atoms. The van der Waals surface area contributed by atoms with Gasteiger partial charge in [0.25, 0.3) is 0 Å². The Morgan fingerprint density at radius 3 is 2.04 bits per heavy atom. The zero-order chi connectivity index (χ0) is 32.7. The van der Waals surface area contributed by atoms with E-state index in [4.69, 9.17) is 0 Å². The van der Waals surface area contributed by atoms with Crippen LogP contribution in [0.1, 0.15) is 25.0 Å². The summed E-state index contributed by atoms with van der Waals surface area (Å²) in [6.07, 6.45) is 0. The SMILES string of the molecule is CC1(C)c2ccccc2-c2ccc(N(c3cccc(-c4ccccc4)c3)c3ccc4c(c3)sc3c4ccc4ccc5ccccc5c43)cc21. The lowest BCUT2D eigenvalue weighted by molar-refractivity contribution is 0.660. The van der Waals surface area contributed by atoms with Crippen molar-refractivity contribution in [3.05, 3.63) is 175 Å². The Labute approximate surface area is 290 Å². The minimum absolute atomic E-state index is 0.0846. The molecule has 0 saturated heterocycles. The van der Waals surface area contributed by atoms with E-state index in [1.807, 2.05) is 11.3 Å². The van der Waals surface area contributed by atoms with E-state index in [1.165, 1.54) is 80.8 Å². The fourth-order valence-corrected chi connectivity index (χ4v) is 9.49. The number of rotatable bonds is 4. The topological polar surface area (TPSA) is 3.24 Å². The van der Waals surface area contributed by atoms with Gasteiger partial charge >= 0.3 is 0 Å². The van der Waals surface area contributed by atoms with Crippen molar-refractivity contribution in [1.82, 2.24) is 0 Å². The van der Waals surface area contributed by atoms with Crippen LogP contribution in [0.25, 0.3) is 64.0 Å². The first-order chi connectivity index (χ1) is 24.0. The molecule has 0 aliphatic heterocycles. The van der Waals surface area contributed by atoms with Crippen LogP contribution in [0.3, 0.4) is 0 Å². The lowest BCUT2D eigenvalue weighted by Gasteiger charge is -2.28. The normalized spacial score (nSPS) is 13.3. The second kappa shape index (κ2) is 10.7. The molecule has 0 saturated carbocycles. The third-order valence-corrected chi connectivity index (χ3v) is 11.8. The number of hydrogen-bond donors (Lipinski definition) is 0. The lowest BCUT2D eigenvalue weighted by atomic mass is 9.82. The van der Waals surface area contributed by atoms with Gasteiger partial charge in [-0.1, -0.05) is 141 Å². The molecule has 0 N–H and O–H groups in total. The standard InChI is InChI=1S/C47H33NS/c1-47(2)42-18-9-8-17-38(42)39-25-22-35(28-43(39)47)48(34-15-10-14-33(27-34)30-11-4-3-5-12-30)36-23-26-40-41-24-21-32-20-19-31-13-6-7-16-37(31)45(32)46(41)49-44(40)29-36/h3-29H,1-2H3. The zero-order valence-electron chi connectivity index (χ0n) is 27.4. The van der Waals surface area contributed by atoms with E-state index >= 15 is 0 Å². The van der Waals surface area contributed by atoms with Gasteiger partial charge in [0.05, 0.1) is 0 Å². The number of anilines is 3. The molecule has 1 aromatic heterocycles. The van der Waals surface area contributed by atoms with E-state index in [0.717, 1.165) is 11.4 Å². The lowest BCUT2D eigenvalue weighted by Crippen LogP contribution is -2.16. The second-order valence-electron chi connectivity index (χ2n) is 13.8. The first-order valence-electron chi connectivity index (χ1n) is 17.0. The van der Waals surface area contributed by atoms with Crippen molar-refractivity contribution in [1.29, 1.82) is 0 Å². The maximum atomic E-state index is 2.45. The average molecular weight is 644 g/mol. The molecule has 0 spiro atoms. The Kier molecular flexibility index (Phi) is 6.16. The van der Waals surface area contributed by atoms with Crippen LogP contribution >= 0.6 is 11.3 Å². The molecule has 232 valence electrons. The largest absolute Gasteiger partial charge is 0.310 e. The molecule has 2 heteroatoms. The van der Waals surface area contributed by atoms with E-state index in [2.05, 4.69) is 183 Å². The smallest absolute Gasteiger partial charge is 0.0476 e. The Hall–Kier alpha value is -5.70. The van der Waals surface area contributed by atoms with Crippen LogP contribution in [0.2, 0.25) is 0 Å². The van der Waals surface area contributed by atoms with Gasteiger partial charge in [0.15, 0.2) is 0 Å². The molecular weight excluding hydrogens is 611 g/mol. The summed E-state index contributed by atoms with van der Waals surface area (Å²) in [5, 5.41) is 7.88. The Bertz CT molecular complexity index is 2750. The van der Waals surface area contributed by atoms with Gasteiger partial charge in [-0.05, 0) is 85.9 Å². The molecular formula is C47H33NS. The first-order valence-corrected chi connectivity index (χ1v) is 17.8. The predicted octanol–water partition coefficient (Wildman–Crippen LogP) is 13.8. The minimum Gasteiger partial charge on any atom is -0.310 e. The fraction of sp³-hybridized carbons (Fsp3) is 0.0638. The summed E-state index contributed by atoms with van der Waals surface area (Å²) in [5.41, 5.74) is 11.3. The van der Waals surface area contributed by atoms with Gasteiger partial charge in [0.1, 0.15) is 0 Å². The molecule has 9 aromatic rings. The quantitative estimate of drug-likeness (QED) is 0.173. The molecule has 0 amide bonds. The van der Waals surface area contributed by atoms with Crippen LogP contribution in [0, 0.1) is 0 Å². The Balaban J connectivity index is 1.19. The van der Waals surface area contributed by atoms with Crippen LogP contribution in [-0.4, -0.2) is 0 Å². The Morgan fingerprint density at radius 1 is 0.449 bits per heavy atom. The van der Waals surface area contributed by atoms with Crippen LogP contribution in [0.15, 0.2) is 164 Å². The molecule has 10 rings (SSSR count). The second-order valence-corrected chi connectivity index (χ2v) is 14.8. The van der Waals surface area contributed by atoms with Crippen molar-refractivity contribution in [2.24, 2.45) is 0 Å². The van der Waals surface area contributed by atoms with Crippen LogP contribution in [0.5, 0.6) is 0 Å². The summed E-state index contributed by atoms with van der Waals surface area (Å²) in [6.45, 7) is 4.72. The van der Waals surface area contributed by atoms with Crippen LogP contribution < -0.4 is 4.90 Å². The van der Waals surface area contributed by atoms with Gasteiger partial charge in [-0.15, -0.1) is 11.3 Å². The van der Waals surface area contributed by atoms with Gasteiger partial charge in [-0.2, -0.15) is 0 Å². The van der Waals surface area contributed by atoms with Crippen molar-refractivity contribution < 1.29 is 0 Å². The highest BCUT2D eigenvalue weighted by atomic mass is 32.1. The van der Waals surface area contributed by atoms with Gasteiger partial charge in [-0.3, -0.25) is 0 Å². The molecule has 8 aromatic carbocycles. The number of thiophene rings is 1. The molecule has 0 radical (unpaired) electrons. The van der Waals surface area contributed by atoms with Crippen molar-refractivity contribution in [3.63, 3.8) is 0 Å². The summed E-state index contributed by atoms with van der Waals surface area (Å²) in [4.78, 5) is 2.45. The number of nitrogens with zero attached hydrogens (tertiary/aromatic N) is 1. The zero-order valence-corrected chi connectivity index (χ0v) is 28.3. The van der Waals surface area contributed by atoms with Gasteiger partial charge < -0.3 is 4.90 Å². The van der Waals surface area contributed by atoms with Crippen molar-refractivity contribution in [3.8, 4) is 22.3 Å². The molecule has 0 atom stereocenters. The molecule has 1 aliphatic carbocycles. The highest BCUT2D eigenvalue weighted by Gasteiger charge is 2.35. The van der Waals surface area contributed by atoms with Crippen molar-refractivity contribution >= 4 is 70.1 Å². The van der Waals surface area contributed by atoms with Crippen LogP contribution in [-0.2, 0) is 5.41 Å². The number of benzene rings is 8. The van der Waals surface area contributed by atoms with E-state index in [0.29, 0.717) is 0 Å². The fourth-order valence-electron chi connectivity index (χ4n) is 8.18. The van der Waals surface area contributed by atoms with E-state index < -0.39 is 0 Å². The van der Waals surface area contributed by atoms with E-state index in [-0.39, 0.29) is 5.41 Å². The van der Waals surface area contributed by atoms with Crippen molar-refractivity contribution in [2.45, 2.75) is 19.3 Å². The average Bonchev–Trinajstić information content (AvgIpc) is 3.63. The van der Waals surface area contributed by atoms with Crippen LogP contribution in [0.4, 0.5) is 17.1 Å². The first kappa shape index (κ1) is 28.3.